The molecule has 0 aromatic rings. The Labute approximate surface area is 460 Å². The molecule has 0 bridgehead atoms. The third-order valence-electron chi connectivity index (χ3n) is 14.2. The van der Waals surface area contributed by atoms with E-state index in [-0.39, 0.29) is 31.1 Å². The number of allylic oxidation sites excluding steroid dienone is 10. The second-order valence-corrected chi connectivity index (χ2v) is 21.7. The van der Waals surface area contributed by atoms with Gasteiger partial charge in [-0.25, -0.2) is 0 Å². The van der Waals surface area contributed by atoms with E-state index >= 15 is 0 Å². The second-order valence-electron chi connectivity index (χ2n) is 21.7. The van der Waals surface area contributed by atoms with E-state index in [1.807, 2.05) is 0 Å². The summed E-state index contributed by atoms with van der Waals surface area (Å²) in [7, 11) is 0. The monoisotopic (exact) mass is 1030 g/mol. The van der Waals surface area contributed by atoms with Crippen LogP contribution in [0.25, 0.3) is 0 Å². The minimum Gasteiger partial charge on any atom is -0.462 e. The summed E-state index contributed by atoms with van der Waals surface area (Å²) in [5.41, 5.74) is 0. The molecule has 0 N–H and O–H groups in total. The lowest BCUT2D eigenvalue weighted by atomic mass is 10.1. The van der Waals surface area contributed by atoms with Crippen molar-refractivity contribution >= 4 is 17.9 Å². The van der Waals surface area contributed by atoms with Crippen LogP contribution in [0.5, 0.6) is 0 Å². The summed E-state index contributed by atoms with van der Waals surface area (Å²) in [4.78, 5) is 38.4. The number of esters is 3. The minimum atomic E-state index is -0.781. The first kappa shape index (κ1) is 71.1. The van der Waals surface area contributed by atoms with Gasteiger partial charge in [0, 0.05) is 19.3 Å². The van der Waals surface area contributed by atoms with Crippen molar-refractivity contribution in [2.45, 2.75) is 341 Å². The molecule has 0 aliphatic carbocycles. The van der Waals surface area contributed by atoms with Crippen molar-refractivity contribution in [2.75, 3.05) is 13.2 Å². The molecule has 0 saturated heterocycles. The van der Waals surface area contributed by atoms with Gasteiger partial charge in [-0.1, -0.05) is 268 Å². The quantitative estimate of drug-likeness (QED) is 0.0261. The van der Waals surface area contributed by atoms with Crippen molar-refractivity contribution in [3.05, 3.63) is 60.8 Å². The van der Waals surface area contributed by atoms with Crippen LogP contribution in [0.3, 0.4) is 0 Å². The molecule has 0 fully saturated rings. The second kappa shape index (κ2) is 62.6. The highest BCUT2D eigenvalue weighted by Crippen LogP contribution is 2.16. The summed E-state index contributed by atoms with van der Waals surface area (Å²) in [6.45, 7) is 6.63. The third kappa shape index (κ3) is 60.0. The van der Waals surface area contributed by atoms with Gasteiger partial charge in [-0.2, -0.15) is 0 Å². The number of hydrogen-bond donors (Lipinski definition) is 0. The Morgan fingerprint density at radius 1 is 0.270 bits per heavy atom. The Hall–Kier alpha value is -2.89. The Balaban J connectivity index is 4.38. The highest BCUT2D eigenvalue weighted by Gasteiger charge is 2.19. The third-order valence-corrected chi connectivity index (χ3v) is 14.2. The van der Waals surface area contributed by atoms with Gasteiger partial charge in [0.05, 0.1) is 0 Å². The maximum atomic E-state index is 12.9. The first-order chi connectivity index (χ1) is 36.5. The molecule has 0 heterocycles. The highest BCUT2D eigenvalue weighted by molar-refractivity contribution is 5.71. The Morgan fingerprint density at radius 3 is 0.797 bits per heavy atom. The molecule has 6 heteroatoms. The molecule has 0 aliphatic heterocycles. The molecule has 6 nitrogen and oxygen atoms in total. The van der Waals surface area contributed by atoms with Gasteiger partial charge in [-0.15, -0.1) is 0 Å². The van der Waals surface area contributed by atoms with Crippen molar-refractivity contribution in [1.29, 1.82) is 0 Å². The molecule has 0 aliphatic rings. The van der Waals surface area contributed by atoms with Crippen molar-refractivity contribution in [1.82, 2.24) is 0 Å². The highest BCUT2D eigenvalue weighted by atomic mass is 16.6. The predicted octanol–water partition coefficient (Wildman–Crippen LogP) is 21.9. The fourth-order valence-electron chi connectivity index (χ4n) is 9.32. The maximum Gasteiger partial charge on any atom is 0.306 e. The van der Waals surface area contributed by atoms with E-state index < -0.39 is 6.10 Å². The van der Waals surface area contributed by atoms with Gasteiger partial charge in [0.1, 0.15) is 13.2 Å². The van der Waals surface area contributed by atoms with Crippen molar-refractivity contribution in [2.24, 2.45) is 0 Å². The van der Waals surface area contributed by atoms with E-state index in [1.54, 1.807) is 0 Å². The standard InChI is InChI=1S/C68H122O6/c1-4-7-10-13-16-19-22-25-28-31-34-37-40-43-46-49-52-55-58-61-67(70)73-64-65(63-72-66(69)60-57-54-51-48-45-42-39-36-33-30-27-24-21-18-15-12-9-6-3)74-68(71)62-59-56-53-50-47-44-41-38-35-32-29-26-23-20-17-14-11-8-5-2/h16,19,21,24-26,28-30,33,65H,4-15,17-18,20,22-23,27,31-32,34-64H2,1-3H3/b19-16-,24-21-,28-25-,29-26-,33-30-. The zero-order valence-electron chi connectivity index (χ0n) is 49.4. The zero-order chi connectivity index (χ0) is 53.6. The average molecular weight is 1040 g/mol. The molecule has 0 rings (SSSR count). The number of hydrogen-bond acceptors (Lipinski definition) is 6. The number of carbonyl (C=O) groups excluding carboxylic acids is 3. The van der Waals surface area contributed by atoms with E-state index in [0.29, 0.717) is 19.3 Å². The van der Waals surface area contributed by atoms with E-state index in [2.05, 4.69) is 81.5 Å². The Bertz CT molecular complexity index is 1330. The fourth-order valence-corrected chi connectivity index (χ4v) is 9.32. The average Bonchev–Trinajstić information content (AvgIpc) is 3.40. The van der Waals surface area contributed by atoms with Crippen molar-refractivity contribution < 1.29 is 28.6 Å². The van der Waals surface area contributed by atoms with Crippen LogP contribution in [0, 0.1) is 0 Å². The van der Waals surface area contributed by atoms with Gasteiger partial charge in [0.25, 0.3) is 0 Å². The number of ether oxygens (including phenoxy) is 3. The molecule has 0 saturated carbocycles. The topological polar surface area (TPSA) is 78.9 Å². The van der Waals surface area contributed by atoms with Gasteiger partial charge in [-0.3, -0.25) is 14.4 Å². The Kier molecular flexibility index (Phi) is 60.2. The predicted molar refractivity (Wildman–Crippen MR) is 321 cm³/mol. The lowest BCUT2D eigenvalue weighted by Crippen LogP contribution is -2.30. The zero-order valence-corrected chi connectivity index (χ0v) is 49.4. The summed E-state index contributed by atoms with van der Waals surface area (Å²) in [6.07, 6.45) is 79.3. The van der Waals surface area contributed by atoms with Gasteiger partial charge in [-0.05, 0) is 109 Å². The number of carbonyl (C=O) groups is 3. The van der Waals surface area contributed by atoms with Crippen LogP contribution < -0.4 is 0 Å². The largest absolute Gasteiger partial charge is 0.462 e. The van der Waals surface area contributed by atoms with Crippen LogP contribution in [0.2, 0.25) is 0 Å². The fraction of sp³-hybridized carbons (Fsp3) is 0.809. The molecule has 0 amide bonds. The lowest BCUT2D eigenvalue weighted by Gasteiger charge is -2.18. The molecule has 1 unspecified atom stereocenters. The van der Waals surface area contributed by atoms with E-state index in [9.17, 15) is 14.4 Å². The summed E-state index contributed by atoms with van der Waals surface area (Å²) >= 11 is 0. The van der Waals surface area contributed by atoms with Gasteiger partial charge in [0.15, 0.2) is 6.10 Å². The summed E-state index contributed by atoms with van der Waals surface area (Å²) < 4.78 is 17.0. The Morgan fingerprint density at radius 2 is 0.486 bits per heavy atom. The first-order valence-corrected chi connectivity index (χ1v) is 32.3. The molecule has 1 atom stereocenters. The van der Waals surface area contributed by atoms with Crippen molar-refractivity contribution in [3.8, 4) is 0 Å². The van der Waals surface area contributed by atoms with E-state index in [1.165, 1.54) is 218 Å². The maximum absolute atomic E-state index is 12.9. The smallest absolute Gasteiger partial charge is 0.306 e. The lowest BCUT2D eigenvalue weighted by molar-refractivity contribution is -0.167. The molecule has 0 radical (unpaired) electrons. The minimum absolute atomic E-state index is 0.0780. The van der Waals surface area contributed by atoms with Gasteiger partial charge < -0.3 is 14.2 Å². The molecule has 0 aromatic heterocycles. The van der Waals surface area contributed by atoms with Crippen LogP contribution in [0.15, 0.2) is 60.8 Å². The number of rotatable bonds is 59. The van der Waals surface area contributed by atoms with Crippen molar-refractivity contribution in [3.63, 3.8) is 0 Å². The number of unbranched alkanes of at least 4 members (excludes halogenated alkanes) is 38. The molecule has 430 valence electrons. The first-order valence-electron chi connectivity index (χ1n) is 32.3. The molecular weight excluding hydrogens is 913 g/mol. The normalized spacial score (nSPS) is 12.4. The summed E-state index contributed by atoms with van der Waals surface area (Å²) in [6, 6.07) is 0. The summed E-state index contributed by atoms with van der Waals surface area (Å²) in [5, 5.41) is 0. The molecular formula is C68H122O6. The summed E-state index contributed by atoms with van der Waals surface area (Å²) in [5.74, 6) is -0.874. The van der Waals surface area contributed by atoms with Crippen LogP contribution >= 0.6 is 0 Å². The van der Waals surface area contributed by atoms with Gasteiger partial charge in [0.2, 0.25) is 0 Å². The van der Waals surface area contributed by atoms with Gasteiger partial charge >= 0.3 is 17.9 Å². The van der Waals surface area contributed by atoms with Crippen LogP contribution in [-0.2, 0) is 28.6 Å². The van der Waals surface area contributed by atoms with E-state index in [0.717, 1.165) is 77.0 Å². The molecule has 0 spiro atoms. The molecule has 0 aromatic carbocycles. The molecule has 74 heavy (non-hydrogen) atoms. The van der Waals surface area contributed by atoms with Crippen LogP contribution in [0.4, 0.5) is 0 Å². The van der Waals surface area contributed by atoms with Crippen LogP contribution in [0.1, 0.15) is 335 Å². The van der Waals surface area contributed by atoms with E-state index in [4.69, 9.17) is 14.2 Å². The van der Waals surface area contributed by atoms with Crippen LogP contribution in [-0.4, -0.2) is 37.2 Å². The SMILES string of the molecule is CCCCC/C=C\C/C=C\CCCCCCCCCCCC(=O)OCC(COC(=O)CCCCCCCCC/C=C\C/C=C\CCCCCC)OC(=O)CCCCCCCCCCC/C=C\CCCCCCCC.